The highest BCUT2D eigenvalue weighted by Crippen LogP contribution is 1.93. The van der Waals surface area contributed by atoms with Crippen LogP contribution < -0.4 is 5.73 Å². The van der Waals surface area contributed by atoms with E-state index >= 15 is 0 Å². The highest BCUT2D eigenvalue weighted by molar-refractivity contribution is 7.85. The van der Waals surface area contributed by atoms with E-state index in [-0.39, 0.29) is 5.25 Å². The monoisotopic (exact) mass is 179 g/mol. The van der Waals surface area contributed by atoms with Gasteiger partial charge in [0.2, 0.25) is 0 Å². The molecule has 2 atom stereocenters. The SMILES string of the molecule is CCOCCS(=O)C(C)CN. The van der Waals surface area contributed by atoms with Crippen LogP contribution in [0.25, 0.3) is 0 Å². The largest absolute Gasteiger partial charge is 0.381 e. The lowest BCUT2D eigenvalue weighted by Crippen LogP contribution is -2.25. The number of nitrogens with two attached hydrogens (primary N) is 1. The van der Waals surface area contributed by atoms with Crippen molar-refractivity contribution in [2.45, 2.75) is 19.1 Å². The summed E-state index contributed by atoms with van der Waals surface area (Å²) in [6.45, 7) is 5.57. The third kappa shape index (κ3) is 5.35. The molecule has 0 aromatic heterocycles. The Morgan fingerprint density at radius 3 is 2.73 bits per heavy atom. The van der Waals surface area contributed by atoms with E-state index in [9.17, 15) is 4.21 Å². The van der Waals surface area contributed by atoms with Crippen LogP contribution in [-0.2, 0) is 15.5 Å². The van der Waals surface area contributed by atoms with Crippen LogP contribution in [0.5, 0.6) is 0 Å². The highest BCUT2D eigenvalue weighted by atomic mass is 32.2. The van der Waals surface area contributed by atoms with Gasteiger partial charge in [-0.15, -0.1) is 0 Å². The van der Waals surface area contributed by atoms with Gasteiger partial charge in [0.1, 0.15) is 0 Å². The lowest BCUT2D eigenvalue weighted by atomic mass is 10.5. The van der Waals surface area contributed by atoms with E-state index in [0.717, 1.165) is 0 Å². The molecule has 0 aromatic carbocycles. The van der Waals surface area contributed by atoms with Crippen LogP contribution in [0.15, 0.2) is 0 Å². The Labute approximate surface area is 70.8 Å². The average Bonchev–Trinajstić information content (AvgIpc) is 2.03. The molecule has 0 aliphatic carbocycles. The average molecular weight is 179 g/mol. The summed E-state index contributed by atoms with van der Waals surface area (Å²) >= 11 is 0. The summed E-state index contributed by atoms with van der Waals surface area (Å²) < 4.78 is 16.3. The maximum absolute atomic E-state index is 11.2. The Hall–Kier alpha value is 0.0700. The topological polar surface area (TPSA) is 52.3 Å². The summed E-state index contributed by atoms with van der Waals surface area (Å²) in [5.74, 6) is 0.603. The van der Waals surface area contributed by atoms with E-state index in [4.69, 9.17) is 10.5 Å². The van der Waals surface area contributed by atoms with Crippen LogP contribution >= 0.6 is 0 Å². The zero-order chi connectivity index (χ0) is 8.69. The molecule has 11 heavy (non-hydrogen) atoms. The van der Waals surface area contributed by atoms with Crippen LogP contribution in [-0.4, -0.2) is 35.0 Å². The minimum atomic E-state index is -0.816. The lowest BCUT2D eigenvalue weighted by molar-refractivity contribution is 0.164. The van der Waals surface area contributed by atoms with Gasteiger partial charge in [-0.2, -0.15) is 0 Å². The zero-order valence-electron chi connectivity index (χ0n) is 7.21. The molecular weight excluding hydrogens is 162 g/mol. The Bertz CT molecular complexity index is 119. The molecule has 0 rings (SSSR count). The first-order chi connectivity index (χ1) is 5.22. The Morgan fingerprint density at radius 2 is 2.27 bits per heavy atom. The first-order valence-electron chi connectivity index (χ1n) is 3.87. The van der Waals surface area contributed by atoms with Crippen LogP contribution in [0.2, 0.25) is 0 Å². The fourth-order valence-corrected chi connectivity index (χ4v) is 1.49. The quantitative estimate of drug-likeness (QED) is 0.589. The van der Waals surface area contributed by atoms with E-state index in [1.165, 1.54) is 0 Å². The van der Waals surface area contributed by atoms with E-state index < -0.39 is 10.8 Å². The Balaban J connectivity index is 3.36. The van der Waals surface area contributed by atoms with Gasteiger partial charge in [0.25, 0.3) is 0 Å². The molecule has 0 aromatic rings. The van der Waals surface area contributed by atoms with Gasteiger partial charge in [-0.05, 0) is 13.8 Å². The van der Waals surface area contributed by atoms with Crippen molar-refractivity contribution in [3.05, 3.63) is 0 Å². The normalized spacial score (nSPS) is 16.3. The number of ether oxygens (including phenoxy) is 1. The van der Waals surface area contributed by atoms with Gasteiger partial charge in [0, 0.05) is 35.0 Å². The molecule has 0 heterocycles. The number of hydrogen-bond donors (Lipinski definition) is 1. The van der Waals surface area contributed by atoms with Gasteiger partial charge in [-0.3, -0.25) is 4.21 Å². The van der Waals surface area contributed by atoms with Crippen molar-refractivity contribution in [1.82, 2.24) is 0 Å². The smallest absolute Gasteiger partial charge is 0.0581 e. The van der Waals surface area contributed by atoms with Crippen molar-refractivity contribution < 1.29 is 8.95 Å². The standard InChI is InChI=1S/C7H17NO2S/c1-3-10-4-5-11(9)7(2)6-8/h7H,3-6,8H2,1-2H3. The summed E-state index contributed by atoms with van der Waals surface area (Å²) in [5.41, 5.74) is 5.34. The van der Waals surface area contributed by atoms with Gasteiger partial charge in [0.05, 0.1) is 6.61 Å². The van der Waals surface area contributed by atoms with Gasteiger partial charge < -0.3 is 10.5 Å². The molecule has 0 bridgehead atoms. The van der Waals surface area contributed by atoms with Gasteiger partial charge >= 0.3 is 0 Å². The minimum absolute atomic E-state index is 0.0930. The first kappa shape index (κ1) is 11.1. The molecule has 68 valence electrons. The second kappa shape index (κ2) is 6.76. The summed E-state index contributed by atoms with van der Waals surface area (Å²) in [4.78, 5) is 0. The molecule has 0 saturated heterocycles. The molecule has 0 amide bonds. The minimum Gasteiger partial charge on any atom is -0.381 e. The lowest BCUT2D eigenvalue weighted by Gasteiger charge is -2.07. The molecule has 0 fully saturated rings. The Morgan fingerprint density at radius 1 is 1.64 bits per heavy atom. The molecule has 2 unspecified atom stereocenters. The molecular formula is C7H17NO2S. The highest BCUT2D eigenvalue weighted by Gasteiger charge is 2.07. The Kier molecular flexibility index (Phi) is 6.80. The van der Waals surface area contributed by atoms with Gasteiger partial charge in [-0.25, -0.2) is 0 Å². The molecule has 0 aliphatic rings. The van der Waals surface area contributed by atoms with Crippen LogP contribution in [0.4, 0.5) is 0 Å². The van der Waals surface area contributed by atoms with Crippen molar-refractivity contribution >= 4 is 10.8 Å². The number of hydrogen-bond acceptors (Lipinski definition) is 3. The third-order valence-electron chi connectivity index (χ3n) is 1.41. The molecule has 0 saturated carbocycles. The second-order valence-corrected chi connectivity index (χ2v) is 4.30. The zero-order valence-corrected chi connectivity index (χ0v) is 8.02. The first-order valence-corrected chi connectivity index (χ1v) is 5.25. The van der Waals surface area contributed by atoms with Crippen molar-refractivity contribution in [3.8, 4) is 0 Å². The van der Waals surface area contributed by atoms with E-state index in [1.54, 1.807) is 0 Å². The number of rotatable bonds is 6. The summed E-state index contributed by atoms with van der Waals surface area (Å²) in [6, 6.07) is 0. The van der Waals surface area contributed by atoms with E-state index in [1.807, 2.05) is 13.8 Å². The molecule has 4 heteroatoms. The summed E-state index contributed by atoms with van der Waals surface area (Å²) in [5, 5.41) is 0.0930. The van der Waals surface area contributed by atoms with Crippen LogP contribution in [0.3, 0.4) is 0 Å². The predicted molar refractivity (Wildman–Crippen MR) is 48.0 cm³/mol. The maximum Gasteiger partial charge on any atom is 0.0581 e. The molecule has 0 aliphatic heterocycles. The summed E-state index contributed by atoms with van der Waals surface area (Å²) in [6.07, 6.45) is 0. The van der Waals surface area contributed by atoms with Gasteiger partial charge in [-0.1, -0.05) is 0 Å². The summed E-state index contributed by atoms with van der Waals surface area (Å²) in [7, 11) is -0.816. The molecule has 0 spiro atoms. The van der Waals surface area contributed by atoms with Gasteiger partial charge in [0.15, 0.2) is 0 Å². The fraction of sp³-hybridized carbons (Fsp3) is 1.00. The van der Waals surface area contributed by atoms with E-state index in [0.29, 0.717) is 25.5 Å². The molecule has 3 nitrogen and oxygen atoms in total. The van der Waals surface area contributed by atoms with Crippen LogP contribution in [0.1, 0.15) is 13.8 Å². The van der Waals surface area contributed by atoms with Crippen molar-refractivity contribution in [2.24, 2.45) is 5.73 Å². The van der Waals surface area contributed by atoms with Crippen molar-refractivity contribution in [1.29, 1.82) is 0 Å². The van der Waals surface area contributed by atoms with E-state index in [2.05, 4.69) is 0 Å². The maximum atomic E-state index is 11.2. The van der Waals surface area contributed by atoms with Crippen molar-refractivity contribution in [2.75, 3.05) is 25.5 Å². The van der Waals surface area contributed by atoms with Crippen molar-refractivity contribution in [3.63, 3.8) is 0 Å². The van der Waals surface area contributed by atoms with Crippen LogP contribution in [0, 0.1) is 0 Å². The molecule has 0 radical (unpaired) electrons. The predicted octanol–water partition coefficient (Wildman–Crippen LogP) is 0.119. The second-order valence-electron chi connectivity index (χ2n) is 2.33. The molecule has 2 N–H and O–H groups in total. The fourth-order valence-electron chi connectivity index (χ4n) is 0.594. The third-order valence-corrected chi connectivity index (χ3v) is 3.07.